The van der Waals surface area contributed by atoms with Crippen molar-refractivity contribution in [3.8, 4) is 0 Å². The van der Waals surface area contributed by atoms with Crippen LogP contribution in [0.25, 0.3) is 5.65 Å². The van der Waals surface area contributed by atoms with Crippen LogP contribution in [0.2, 0.25) is 0 Å². The van der Waals surface area contributed by atoms with Crippen LogP contribution in [0.5, 0.6) is 0 Å². The summed E-state index contributed by atoms with van der Waals surface area (Å²) in [5.41, 5.74) is 0.806. The Hall–Kier alpha value is -1.17. The van der Waals surface area contributed by atoms with Gasteiger partial charge in [0.05, 0.1) is 0 Å². The zero-order valence-electron chi connectivity index (χ0n) is 8.47. The summed E-state index contributed by atoms with van der Waals surface area (Å²) < 4.78 is 1.87. The summed E-state index contributed by atoms with van der Waals surface area (Å²) in [5.74, 6) is 0.886. The van der Waals surface area contributed by atoms with Crippen molar-refractivity contribution in [2.75, 3.05) is 23.3 Å². The highest BCUT2D eigenvalue weighted by Crippen LogP contribution is 2.15. The number of halogens is 1. The maximum absolute atomic E-state index is 4.35. The molecule has 2 rings (SSSR count). The van der Waals surface area contributed by atoms with Crippen LogP contribution in [0.3, 0.4) is 0 Å². The van der Waals surface area contributed by atoms with E-state index < -0.39 is 0 Å². The minimum Gasteiger partial charge on any atom is -0.353 e. The van der Waals surface area contributed by atoms with Crippen molar-refractivity contribution in [2.24, 2.45) is 0 Å². The average molecular weight is 270 g/mol. The molecular formula is C9H12BrN5. The van der Waals surface area contributed by atoms with Gasteiger partial charge in [0.25, 0.3) is 0 Å². The van der Waals surface area contributed by atoms with Gasteiger partial charge in [-0.1, -0.05) is 15.9 Å². The highest BCUT2D eigenvalue weighted by molar-refractivity contribution is 9.09. The Bertz CT molecular complexity index is 441. The predicted octanol–water partition coefficient (Wildman–Crippen LogP) is 1.35. The SMILES string of the molecule is CCN(CCBr)c1nccn2cnnc12. The van der Waals surface area contributed by atoms with Crippen molar-refractivity contribution in [1.82, 2.24) is 19.6 Å². The first-order valence-electron chi connectivity index (χ1n) is 4.82. The van der Waals surface area contributed by atoms with Gasteiger partial charge in [0, 0.05) is 30.8 Å². The van der Waals surface area contributed by atoms with Crippen LogP contribution in [0, 0.1) is 0 Å². The van der Waals surface area contributed by atoms with Crippen molar-refractivity contribution in [3.05, 3.63) is 18.7 Å². The van der Waals surface area contributed by atoms with Gasteiger partial charge in [-0.05, 0) is 6.92 Å². The maximum Gasteiger partial charge on any atom is 0.203 e. The quantitative estimate of drug-likeness (QED) is 0.787. The summed E-state index contributed by atoms with van der Waals surface area (Å²) in [6.07, 6.45) is 5.30. The third kappa shape index (κ3) is 1.94. The second-order valence-corrected chi connectivity index (χ2v) is 3.87. The second kappa shape index (κ2) is 4.57. The lowest BCUT2D eigenvalue weighted by Gasteiger charge is -2.20. The molecular weight excluding hydrogens is 258 g/mol. The van der Waals surface area contributed by atoms with Crippen LogP contribution in [-0.4, -0.2) is 38.0 Å². The number of alkyl halides is 1. The monoisotopic (exact) mass is 269 g/mol. The average Bonchev–Trinajstić information content (AvgIpc) is 2.73. The maximum atomic E-state index is 4.35. The number of rotatable bonds is 4. The Labute approximate surface area is 96.3 Å². The Morgan fingerprint density at radius 2 is 2.40 bits per heavy atom. The van der Waals surface area contributed by atoms with Gasteiger partial charge in [0.15, 0.2) is 5.82 Å². The second-order valence-electron chi connectivity index (χ2n) is 3.08. The molecule has 0 aliphatic heterocycles. The van der Waals surface area contributed by atoms with E-state index in [1.54, 1.807) is 12.5 Å². The highest BCUT2D eigenvalue weighted by Gasteiger charge is 2.10. The van der Waals surface area contributed by atoms with Crippen LogP contribution in [-0.2, 0) is 0 Å². The van der Waals surface area contributed by atoms with Gasteiger partial charge in [0.1, 0.15) is 6.33 Å². The lowest BCUT2D eigenvalue weighted by Crippen LogP contribution is -2.26. The molecule has 0 amide bonds. The van der Waals surface area contributed by atoms with Gasteiger partial charge < -0.3 is 4.90 Å². The lowest BCUT2D eigenvalue weighted by molar-refractivity contribution is 0.850. The van der Waals surface area contributed by atoms with Gasteiger partial charge in [-0.2, -0.15) is 0 Å². The first kappa shape index (κ1) is 10.4. The smallest absolute Gasteiger partial charge is 0.203 e. The normalized spacial score (nSPS) is 10.8. The zero-order valence-corrected chi connectivity index (χ0v) is 10.1. The largest absolute Gasteiger partial charge is 0.353 e. The molecule has 0 aliphatic rings. The molecule has 0 atom stereocenters. The first-order valence-corrected chi connectivity index (χ1v) is 5.94. The molecule has 0 spiro atoms. The molecule has 0 saturated carbocycles. The van der Waals surface area contributed by atoms with Crippen LogP contribution in [0.1, 0.15) is 6.92 Å². The van der Waals surface area contributed by atoms with Crippen LogP contribution in [0.4, 0.5) is 5.82 Å². The van der Waals surface area contributed by atoms with Gasteiger partial charge in [-0.15, -0.1) is 10.2 Å². The van der Waals surface area contributed by atoms with Crippen LogP contribution >= 0.6 is 15.9 Å². The summed E-state index contributed by atoms with van der Waals surface area (Å²) >= 11 is 3.43. The number of hydrogen-bond donors (Lipinski definition) is 0. The molecule has 6 heteroatoms. The summed E-state index contributed by atoms with van der Waals surface area (Å²) in [7, 11) is 0. The number of anilines is 1. The molecule has 2 aromatic heterocycles. The Morgan fingerprint density at radius 1 is 1.53 bits per heavy atom. The summed E-state index contributed by atoms with van der Waals surface area (Å²) in [5, 5.41) is 8.85. The van der Waals surface area contributed by atoms with Crippen molar-refractivity contribution < 1.29 is 0 Å². The number of aromatic nitrogens is 4. The highest BCUT2D eigenvalue weighted by atomic mass is 79.9. The molecule has 0 aliphatic carbocycles. The van der Waals surface area contributed by atoms with E-state index in [-0.39, 0.29) is 0 Å². The fourth-order valence-electron chi connectivity index (χ4n) is 1.48. The molecule has 2 heterocycles. The third-order valence-electron chi connectivity index (χ3n) is 2.23. The summed E-state index contributed by atoms with van der Waals surface area (Å²) in [6, 6.07) is 0. The minimum atomic E-state index is 0.806. The van der Waals surface area contributed by atoms with Crippen LogP contribution in [0.15, 0.2) is 18.7 Å². The topological polar surface area (TPSA) is 46.3 Å². The standard InChI is InChI=1S/C9H12BrN5/c1-2-14(5-3-10)8-9-13-12-7-15(9)6-4-11-8/h4,6-7H,2-3,5H2,1H3. The van der Waals surface area contributed by atoms with Crippen LogP contribution < -0.4 is 4.90 Å². The Morgan fingerprint density at radius 3 is 3.13 bits per heavy atom. The summed E-state index contributed by atoms with van der Waals surface area (Å²) in [4.78, 5) is 6.52. The third-order valence-corrected chi connectivity index (χ3v) is 2.59. The zero-order chi connectivity index (χ0) is 10.7. The molecule has 0 bridgehead atoms. The summed E-state index contributed by atoms with van der Waals surface area (Å²) in [6.45, 7) is 3.92. The molecule has 0 N–H and O–H groups in total. The molecule has 0 saturated heterocycles. The fraction of sp³-hybridized carbons (Fsp3) is 0.444. The Kier molecular flexibility index (Phi) is 3.15. The molecule has 0 radical (unpaired) electrons. The van der Waals surface area contributed by atoms with Gasteiger partial charge in [0.2, 0.25) is 5.65 Å². The van der Waals surface area contributed by atoms with E-state index in [2.05, 4.69) is 42.9 Å². The number of fused-ring (bicyclic) bond motifs is 1. The molecule has 2 aromatic rings. The molecule has 5 nitrogen and oxygen atoms in total. The van der Waals surface area contributed by atoms with Crippen molar-refractivity contribution in [2.45, 2.75) is 6.92 Å². The minimum absolute atomic E-state index is 0.806. The molecule has 15 heavy (non-hydrogen) atoms. The number of nitrogens with zero attached hydrogens (tertiary/aromatic N) is 5. The van der Waals surface area contributed by atoms with Gasteiger partial charge in [-0.3, -0.25) is 4.40 Å². The van der Waals surface area contributed by atoms with E-state index >= 15 is 0 Å². The van der Waals surface area contributed by atoms with Crippen molar-refractivity contribution >= 4 is 27.4 Å². The fourth-order valence-corrected chi connectivity index (χ4v) is 1.91. The van der Waals surface area contributed by atoms with E-state index in [0.29, 0.717) is 0 Å². The van der Waals surface area contributed by atoms with E-state index in [4.69, 9.17) is 0 Å². The Balaban J connectivity index is 2.44. The molecule has 0 fully saturated rings. The number of hydrogen-bond acceptors (Lipinski definition) is 4. The van der Waals surface area contributed by atoms with E-state index in [1.165, 1.54) is 0 Å². The van der Waals surface area contributed by atoms with Gasteiger partial charge >= 0.3 is 0 Å². The molecule has 0 aromatic carbocycles. The van der Waals surface area contributed by atoms with E-state index in [1.807, 2.05) is 10.6 Å². The predicted molar refractivity (Wildman–Crippen MR) is 62.5 cm³/mol. The van der Waals surface area contributed by atoms with E-state index in [0.717, 1.165) is 29.9 Å². The lowest BCUT2D eigenvalue weighted by atomic mass is 10.4. The molecule has 80 valence electrons. The van der Waals surface area contributed by atoms with Crippen molar-refractivity contribution in [3.63, 3.8) is 0 Å². The first-order chi connectivity index (χ1) is 7.36. The van der Waals surface area contributed by atoms with E-state index in [9.17, 15) is 0 Å². The molecule has 0 unspecified atom stereocenters. The van der Waals surface area contributed by atoms with Gasteiger partial charge in [-0.25, -0.2) is 4.98 Å². The van der Waals surface area contributed by atoms with Crippen molar-refractivity contribution in [1.29, 1.82) is 0 Å².